The number of nitrogens with zero attached hydrogens (tertiary/aromatic N) is 1. The molecule has 1 aromatic rings. The molecule has 1 rings (SSSR count). The highest BCUT2D eigenvalue weighted by molar-refractivity contribution is 9.10. The molecule has 0 aromatic carbocycles. The molecule has 0 fully saturated rings. The number of hydrogen-bond donors (Lipinski definition) is 0. The lowest BCUT2D eigenvalue weighted by atomic mass is 10.4. The Hall–Kier alpha value is -0.420. The first-order chi connectivity index (χ1) is 4.63. The van der Waals surface area contributed by atoms with E-state index >= 15 is 0 Å². The van der Waals surface area contributed by atoms with E-state index in [1.54, 1.807) is 12.3 Å². The molecule has 0 N–H and O–H groups in total. The minimum Gasteiger partial charge on any atom is -0.258 e. The third kappa shape index (κ3) is 1.19. The quantitative estimate of drug-likeness (QED) is 0.541. The van der Waals surface area contributed by atoms with Crippen molar-refractivity contribution in [1.29, 1.82) is 0 Å². The fourth-order valence-electron chi connectivity index (χ4n) is 0.566. The zero-order valence-corrected chi connectivity index (χ0v) is 7.53. The summed E-state index contributed by atoms with van der Waals surface area (Å²) in [6.45, 7) is 1.72. The van der Waals surface area contributed by atoms with E-state index in [9.17, 15) is 10.1 Å². The minimum absolute atomic E-state index is 0.215. The van der Waals surface area contributed by atoms with Crippen LogP contribution in [-0.4, -0.2) is 4.92 Å². The van der Waals surface area contributed by atoms with Crippen molar-refractivity contribution < 1.29 is 4.92 Å². The monoisotopic (exact) mass is 221 g/mol. The molecule has 0 radical (unpaired) electrons. The summed E-state index contributed by atoms with van der Waals surface area (Å²) >= 11 is 4.33. The summed E-state index contributed by atoms with van der Waals surface area (Å²) < 4.78 is 0.809. The van der Waals surface area contributed by atoms with Gasteiger partial charge in [0, 0.05) is 9.85 Å². The maximum atomic E-state index is 10.2. The van der Waals surface area contributed by atoms with Crippen LogP contribution in [0, 0.1) is 17.0 Å². The predicted molar refractivity (Wildman–Crippen MR) is 43.4 cm³/mol. The maximum Gasteiger partial charge on any atom is 0.328 e. The molecule has 1 heterocycles. The van der Waals surface area contributed by atoms with Crippen LogP contribution in [0.15, 0.2) is 9.85 Å². The van der Waals surface area contributed by atoms with E-state index in [2.05, 4.69) is 15.9 Å². The molecule has 0 atom stereocenters. The van der Waals surface area contributed by atoms with Gasteiger partial charge in [0.2, 0.25) is 0 Å². The van der Waals surface area contributed by atoms with Crippen LogP contribution < -0.4 is 0 Å². The SMILES string of the molecule is Cc1c(Br)csc1[N+](=O)[O-]. The van der Waals surface area contributed by atoms with Gasteiger partial charge >= 0.3 is 5.00 Å². The molecule has 0 bridgehead atoms. The van der Waals surface area contributed by atoms with Crippen LogP contribution in [0.4, 0.5) is 5.00 Å². The van der Waals surface area contributed by atoms with Crippen LogP contribution >= 0.6 is 27.3 Å². The lowest BCUT2D eigenvalue weighted by Crippen LogP contribution is -1.85. The van der Waals surface area contributed by atoms with E-state index in [0.717, 1.165) is 15.8 Å². The Labute approximate surface area is 70.0 Å². The fraction of sp³-hybridized carbons (Fsp3) is 0.200. The molecule has 5 heteroatoms. The molecule has 0 saturated heterocycles. The van der Waals surface area contributed by atoms with E-state index in [4.69, 9.17) is 0 Å². The number of thiophene rings is 1. The summed E-state index contributed by atoms with van der Waals surface area (Å²) in [7, 11) is 0. The van der Waals surface area contributed by atoms with Gasteiger partial charge in [0.05, 0.1) is 10.5 Å². The number of halogens is 1. The van der Waals surface area contributed by atoms with Crippen molar-refractivity contribution in [3.05, 3.63) is 25.5 Å². The number of rotatable bonds is 1. The highest BCUT2D eigenvalue weighted by atomic mass is 79.9. The van der Waals surface area contributed by atoms with Crippen LogP contribution in [0.5, 0.6) is 0 Å². The van der Waals surface area contributed by atoms with Crippen molar-refractivity contribution >= 4 is 32.3 Å². The molecular formula is C5H4BrNO2S. The molecular weight excluding hydrogens is 218 g/mol. The second-order valence-electron chi connectivity index (χ2n) is 1.77. The van der Waals surface area contributed by atoms with Crippen LogP contribution in [0.25, 0.3) is 0 Å². The van der Waals surface area contributed by atoms with E-state index in [0.29, 0.717) is 5.56 Å². The van der Waals surface area contributed by atoms with E-state index in [1.165, 1.54) is 0 Å². The average molecular weight is 222 g/mol. The first kappa shape index (κ1) is 7.68. The van der Waals surface area contributed by atoms with Gasteiger partial charge in [-0.05, 0) is 22.9 Å². The van der Waals surface area contributed by atoms with Crippen molar-refractivity contribution in [3.8, 4) is 0 Å². The Kier molecular flexibility index (Phi) is 2.05. The molecule has 0 aliphatic heterocycles. The summed E-state index contributed by atoms with van der Waals surface area (Å²) in [6.07, 6.45) is 0. The molecule has 0 unspecified atom stereocenters. The molecule has 1 aromatic heterocycles. The lowest BCUT2D eigenvalue weighted by Gasteiger charge is -1.85. The Morgan fingerprint density at radius 1 is 1.80 bits per heavy atom. The van der Waals surface area contributed by atoms with Crippen molar-refractivity contribution in [1.82, 2.24) is 0 Å². The van der Waals surface area contributed by atoms with Crippen molar-refractivity contribution in [2.24, 2.45) is 0 Å². The molecule has 0 amide bonds. The fourth-order valence-corrected chi connectivity index (χ4v) is 1.93. The second kappa shape index (κ2) is 2.67. The standard InChI is InChI=1S/C5H4BrNO2S/c1-3-4(6)2-10-5(3)7(8)9/h2H,1H3. The largest absolute Gasteiger partial charge is 0.328 e. The van der Waals surface area contributed by atoms with Crippen LogP contribution in [0.3, 0.4) is 0 Å². The molecule has 10 heavy (non-hydrogen) atoms. The summed E-state index contributed by atoms with van der Waals surface area (Å²) in [4.78, 5) is 9.86. The Morgan fingerprint density at radius 3 is 2.60 bits per heavy atom. The predicted octanol–water partition coefficient (Wildman–Crippen LogP) is 2.73. The van der Waals surface area contributed by atoms with E-state index < -0.39 is 0 Å². The van der Waals surface area contributed by atoms with E-state index in [-0.39, 0.29) is 9.92 Å². The Morgan fingerprint density at radius 2 is 2.40 bits per heavy atom. The second-order valence-corrected chi connectivity index (χ2v) is 3.48. The first-order valence-electron chi connectivity index (χ1n) is 2.51. The molecule has 0 saturated carbocycles. The molecule has 0 aliphatic rings. The van der Waals surface area contributed by atoms with Gasteiger partial charge in [-0.1, -0.05) is 11.3 Å². The van der Waals surface area contributed by atoms with Crippen molar-refractivity contribution in [2.75, 3.05) is 0 Å². The summed E-state index contributed by atoms with van der Waals surface area (Å²) in [5.41, 5.74) is 0.704. The van der Waals surface area contributed by atoms with Gasteiger partial charge in [0.1, 0.15) is 0 Å². The maximum absolute atomic E-state index is 10.2. The van der Waals surface area contributed by atoms with Gasteiger partial charge in [0.25, 0.3) is 0 Å². The third-order valence-electron chi connectivity index (χ3n) is 1.12. The van der Waals surface area contributed by atoms with Gasteiger partial charge in [-0.3, -0.25) is 10.1 Å². The van der Waals surface area contributed by atoms with E-state index in [1.807, 2.05) is 0 Å². The lowest BCUT2D eigenvalue weighted by molar-refractivity contribution is -0.380. The molecule has 0 aliphatic carbocycles. The van der Waals surface area contributed by atoms with Crippen LogP contribution in [0.1, 0.15) is 5.56 Å². The Bertz CT molecular complexity index is 271. The molecule has 3 nitrogen and oxygen atoms in total. The Balaban J connectivity index is 3.17. The summed E-state index contributed by atoms with van der Waals surface area (Å²) in [6, 6.07) is 0. The smallest absolute Gasteiger partial charge is 0.258 e. The van der Waals surface area contributed by atoms with Gasteiger partial charge < -0.3 is 0 Å². The number of hydrogen-bond acceptors (Lipinski definition) is 3. The summed E-state index contributed by atoms with van der Waals surface area (Å²) in [5.74, 6) is 0. The minimum atomic E-state index is -0.370. The number of nitro groups is 1. The van der Waals surface area contributed by atoms with Gasteiger partial charge in [-0.2, -0.15) is 0 Å². The van der Waals surface area contributed by atoms with Gasteiger partial charge in [-0.25, -0.2) is 0 Å². The highest BCUT2D eigenvalue weighted by Crippen LogP contribution is 2.32. The molecule has 0 spiro atoms. The zero-order chi connectivity index (χ0) is 7.72. The molecule has 54 valence electrons. The van der Waals surface area contributed by atoms with Gasteiger partial charge in [-0.15, -0.1) is 0 Å². The zero-order valence-electron chi connectivity index (χ0n) is 5.13. The van der Waals surface area contributed by atoms with Crippen molar-refractivity contribution in [3.63, 3.8) is 0 Å². The van der Waals surface area contributed by atoms with Gasteiger partial charge in [0.15, 0.2) is 0 Å². The average Bonchev–Trinajstić information content (AvgIpc) is 2.14. The van der Waals surface area contributed by atoms with Crippen LogP contribution in [0.2, 0.25) is 0 Å². The first-order valence-corrected chi connectivity index (χ1v) is 4.18. The highest BCUT2D eigenvalue weighted by Gasteiger charge is 2.14. The van der Waals surface area contributed by atoms with Crippen molar-refractivity contribution in [2.45, 2.75) is 6.92 Å². The van der Waals surface area contributed by atoms with Crippen LogP contribution in [-0.2, 0) is 0 Å². The summed E-state index contributed by atoms with van der Waals surface area (Å²) in [5, 5.41) is 12.2. The third-order valence-corrected chi connectivity index (χ3v) is 3.28. The normalized spacial score (nSPS) is 9.80. The topological polar surface area (TPSA) is 43.1 Å².